The second kappa shape index (κ2) is 7.76. The third-order valence-corrected chi connectivity index (χ3v) is 4.42. The van der Waals surface area contributed by atoms with Crippen molar-refractivity contribution in [3.8, 4) is 0 Å². The summed E-state index contributed by atoms with van der Waals surface area (Å²) < 4.78 is 0. The zero-order valence-electron chi connectivity index (χ0n) is 13.0. The summed E-state index contributed by atoms with van der Waals surface area (Å²) in [5.41, 5.74) is 5.80. The van der Waals surface area contributed by atoms with Crippen LogP contribution in [0.15, 0.2) is 17.5 Å². The highest BCUT2D eigenvalue weighted by Gasteiger charge is 2.21. The molecule has 0 fully saturated rings. The lowest BCUT2D eigenvalue weighted by atomic mass is 9.93. The number of hydrogen-bond acceptors (Lipinski definition) is 4. The molecule has 1 unspecified atom stereocenters. The molecule has 0 aromatic carbocycles. The Labute approximate surface area is 126 Å². The molecule has 1 aromatic heterocycles. The van der Waals surface area contributed by atoms with Crippen molar-refractivity contribution in [1.29, 1.82) is 0 Å². The molecule has 0 bridgehead atoms. The quantitative estimate of drug-likeness (QED) is 0.773. The van der Waals surface area contributed by atoms with Crippen LogP contribution >= 0.6 is 11.3 Å². The lowest BCUT2D eigenvalue weighted by Crippen LogP contribution is -2.44. The fourth-order valence-electron chi connectivity index (χ4n) is 2.05. The van der Waals surface area contributed by atoms with Gasteiger partial charge in [-0.2, -0.15) is 0 Å². The molecule has 1 heterocycles. The van der Waals surface area contributed by atoms with Gasteiger partial charge in [-0.1, -0.05) is 26.8 Å². The summed E-state index contributed by atoms with van der Waals surface area (Å²) in [7, 11) is 0. The number of likely N-dealkylation sites (N-methyl/N-ethyl adjacent to an activating group) is 1. The smallest absolute Gasteiger partial charge is 0.234 e. The third kappa shape index (κ3) is 5.61. The molecule has 1 amide bonds. The van der Waals surface area contributed by atoms with Crippen molar-refractivity contribution in [2.75, 3.05) is 26.2 Å². The number of rotatable bonds is 8. The second-order valence-electron chi connectivity index (χ2n) is 5.98. The first-order chi connectivity index (χ1) is 9.38. The molecular weight excluding hydrogens is 270 g/mol. The molecule has 0 spiro atoms. The van der Waals surface area contributed by atoms with Crippen molar-refractivity contribution in [3.05, 3.63) is 22.4 Å². The maximum Gasteiger partial charge on any atom is 0.234 e. The van der Waals surface area contributed by atoms with Crippen molar-refractivity contribution in [3.63, 3.8) is 0 Å². The average molecular weight is 297 g/mol. The van der Waals surface area contributed by atoms with Gasteiger partial charge in [0.05, 0.1) is 12.6 Å². The fraction of sp³-hybridized carbons (Fsp3) is 0.667. The normalized spacial score (nSPS) is 13.5. The Morgan fingerprint density at radius 1 is 1.55 bits per heavy atom. The Hall–Kier alpha value is -0.910. The minimum absolute atomic E-state index is 0.0374. The van der Waals surface area contributed by atoms with Gasteiger partial charge in [-0.05, 0) is 36.9 Å². The van der Waals surface area contributed by atoms with Gasteiger partial charge in [-0.15, -0.1) is 11.3 Å². The van der Waals surface area contributed by atoms with E-state index in [9.17, 15) is 4.79 Å². The molecule has 4 nitrogen and oxygen atoms in total. The molecule has 0 radical (unpaired) electrons. The van der Waals surface area contributed by atoms with E-state index in [-0.39, 0.29) is 17.4 Å². The highest BCUT2D eigenvalue weighted by Crippen LogP contribution is 2.18. The second-order valence-corrected chi connectivity index (χ2v) is 6.96. The summed E-state index contributed by atoms with van der Waals surface area (Å²) in [4.78, 5) is 15.4. The molecule has 1 rings (SSSR count). The van der Waals surface area contributed by atoms with Crippen LogP contribution in [0.1, 0.15) is 38.6 Å². The minimum Gasteiger partial charge on any atom is -0.348 e. The third-order valence-electron chi connectivity index (χ3n) is 3.37. The van der Waals surface area contributed by atoms with Crippen LogP contribution in [0.3, 0.4) is 0 Å². The van der Waals surface area contributed by atoms with Crippen LogP contribution < -0.4 is 11.1 Å². The first-order valence-electron chi connectivity index (χ1n) is 7.13. The predicted molar refractivity (Wildman–Crippen MR) is 85.8 cm³/mol. The Kier molecular flexibility index (Phi) is 6.65. The zero-order valence-corrected chi connectivity index (χ0v) is 13.8. The maximum absolute atomic E-state index is 12.1. The minimum atomic E-state index is 0.0374. The van der Waals surface area contributed by atoms with Crippen molar-refractivity contribution >= 4 is 17.2 Å². The van der Waals surface area contributed by atoms with Crippen LogP contribution in [0, 0.1) is 5.41 Å². The first kappa shape index (κ1) is 17.1. The van der Waals surface area contributed by atoms with E-state index < -0.39 is 0 Å². The zero-order chi connectivity index (χ0) is 15.2. The number of nitrogens with two attached hydrogens (primary N) is 1. The van der Waals surface area contributed by atoms with Gasteiger partial charge >= 0.3 is 0 Å². The molecule has 1 aromatic rings. The summed E-state index contributed by atoms with van der Waals surface area (Å²) >= 11 is 1.67. The number of thiophene rings is 1. The first-order valence-corrected chi connectivity index (χ1v) is 8.01. The summed E-state index contributed by atoms with van der Waals surface area (Å²) in [5, 5.41) is 5.08. The lowest BCUT2D eigenvalue weighted by Gasteiger charge is -2.30. The SMILES string of the molecule is CCN(CC(=O)NC(C)c1cccs1)CC(C)(C)CN. The highest BCUT2D eigenvalue weighted by molar-refractivity contribution is 7.10. The average Bonchev–Trinajstić information content (AvgIpc) is 2.91. The standard InChI is InChI=1S/C15H27N3OS/c1-5-18(11-15(3,4)10-16)9-14(19)17-12(2)13-7-6-8-20-13/h6-8,12H,5,9-11,16H2,1-4H3,(H,17,19). The topological polar surface area (TPSA) is 58.4 Å². The molecule has 3 N–H and O–H groups in total. The number of nitrogens with zero attached hydrogens (tertiary/aromatic N) is 1. The van der Waals surface area contributed by atoms with E-state index >= 15 is 0 Å². The largest absolute Gasteiger partial charge is 0.348 e. The molecule has 0 aliphatic carbocycles. The van der Waals surface area contributed by atoms with Crippen LogP contribution in [-0.4, -0.2) is 37.0 Å². The van der Waals surface area contributed by atoms with Gasteiger partial charge in [0.15, 0.2) is 0 Å². The lowest BCUT2D eigenvalue weighted by molar-refractivity contribution is -0.123. The van der Waals surface area contributed by atoms with Crippen LogP contribution in [0.5, 0.6) is 0 Å². The molecule has 0 saturated carbocycles. The fourth-order valence-corrected chi connectivity index (χ4v) is 2.78. The van der Waals surface area contributed by atoms with Crippen molar-refractivity contribution in [1.82, 2.24) is 10.2 Å². The van der Waals surface area contributed by atoms with Gasteiger partial charge < -0.3 is 11.1 Å². The molecule has 1 atom stereocenters. The highest BCUT2D eigenvalue weighted by atomic mass is 32.1. The van der Waals surface area contributed by atoms with Crippen molar-refractivity contribution < 1.29 is 4.79 Å². The van der Waals surface area contributed by atoms with Gasteiger partial charge in [0, 0.05) is 11.4 Å². The number of nitrogens with one attached hydrogen (secondary N) is 1. The predicted octanol–water partition coefficient (Wildman–Crippen LogP) is 2.23. The Morgan fingerprint density at radius 2 is 2.25 bits per heavy atom. The summed E-state index contributed by atoms with van der Waals surface area (Å²) in [5.74, 6) is 0.0700. The Balaban J connectivity index is 2.47. The van der Waals surface area contributed by atoms with Crippen molar-refractivity contribution in [2.24, 2.45) is 11.1 Å². The summed E-state index contributed by atoms with van der Waals surface area (Å²) in [6.45, 7) is 11.1. The molecule has 114 valence electrons. The van der Waals surface area contributed by atoms with E-state index in [2.05, 4.69) is 31.0 Å². The van der Waals surface area contributed by atoms with Gasteiger partial charge in [0.1, 0.15) is 0 Å². The number of amides is 1. The van der Waals surface area contributed by atoms with Gasteiger partial charge in [0.2, 0.25) is 5.91 Å². The number of carbonyl (C=O) groups is 1. The van der Waals surface area contributed by atoms with Gasteiger partial charge in [-0.3, -0.25) is 9.69 Å². The summed E-state index contributed by atoms with van der Waals surface area (Å²) in [6, 6.07) is 4.12. The van der Waals surface area contributed by atoms with E-state index in [1.807, 2.05) is 24.4 Å². The van der Waals surface area contributed by atoms with Crippen LogP contribution in [-0.2, 0) is 4.79 Å². The van der Waals surface area contributed by atoms with E-state index in [0.717, 1.165) is 13.1 Å². The van der Waals surface area contributed by atoms with Crippen molar-refractivity contribution in [2.45, 2.75) is 33.7 Å². The van der Waals surface area contributed by atoms with E-state index in [1.165, 1.54) is 4.88 Å². The number of hydrogen-bond donors (Lipinski definition) is 2. The molecule has 5 heteroatoms. The number of carbonyl (C=O) groups excluding carboxylic acids is 1. The molecule has 20 heavy (non-hydrogen) atoms. The Morgan fingerprint density at radius 3 is 2.75 bits per heavy atom. The molecular formula is C15H27N3OS. The van der Waals surface area contributed by atoms with Gasteiger partial charge in [-0.25, -0.2) is 0 Å². The van der Waals surface area contributed by atoms with E-state index in [4.69, 9.17) is 5.73 Å². The van der Waals surface area contributed by atoms with Gasteiger partial charge in [0.25, 0.3) is 0 Å². The molecule has 0 aliphatic heterocycles. The van der Waals surface area contributed by atoms with E-state index in [1.54, 1.807) is 11.3 Å². The Bertz CT molecular complexity index is 403. The maximum atomic E-state index is 12.1. The van der Waals surface area contributed by atoms with Crippen LogP contribution in [0.2, 0.25) is 0 Å². The molecule has 0 aliphatic rings. The monoisotopic (exact) mass is 297 g/mol. The van der Waals surface area contributed by atoms with E-state index in [0.29, 0.717) is 13.1 Å². The molecule has 0 saturated heterocycles. The van der Waals surface area contributed by atoms with Crippen LogP contribution in [0.4, 0.5) is 0 Å². The summed E-state index contributed by atoms with van der Waals surface area (Å²) in [6.07, 6.45) is 0. The van der Waals surface area contributed by atoms with Crippen LogP contribution in [0.25, 0.3) is 0 Å².